The van der Waals surface area contributed by atoms with Crippen molar-refractivity contribution in [2.75, 3.05) is 6.54 Å². The van der Waals surface area contributed by atoms with Gasteiger partial charge in [-0.15, -0.1) is 0 Å². The van der Waals surface area contributed by atoms with Crippen molar-refractivity contribution in [3.8, 4) is 5.88 Å². The Bertz CT molecular complexity index is 2130. The predicted molar refractivity (Wildman–Crippen MR) is 194 cm³/mol. The Morgan fingerprint density at radius 3 is 2.65 bits per heavy atom. The maximum absolute atomic E-state index is 14.8. The molecule has 14 nitrogen and oxygen atoms in total. The lowest BCUT2D eigenvalue weighted by Crippen LogP contribution is -2.58. The molecule has 0 bridgehead atoms. The average Bonchev–Trinajstić information content (AvgIpc) is 3.94. The molecular weight excluding hydrogens is 720 g/mol. The number of sulfonamides is 1. The van der Waals surface area contributed by atoms with Crippen molar-refractivity contribution in [1.82, 2.24) is 30.2 Å². The van der Waals surface area contributed by atoms with Crippen LogP contribution in [0.3, 0.4) is 0 Å². The van der Waals surface area contributed by atoms with E-state index >= 15 is 0 Å². The molecule has 4 heterocycles. The van der Waals surface area contributed by atoms with Crippen LogP contribution in [0.2, 0.25) is 0 Å². The number of amides is 4. The van der Waals surface area contributed by atoms with Crippen LogP contribution in [-0.4, -0.2) is 81.9 Å². The molecule has 2 aromatic heterocycles. The summed E-state index contributed by atoms with van der Waals surface area (Å²) in [4.78, 5) is 66.4. The lowest BCUT2D eigenvalue weighted by atomic mass is 10.0. The number of hydrogen-bond donors (Lipinski definition) is 3. The molecule has 0 radical (unpaired) electrons. The maximum atomic E-state index is 14.8. The van der Waals surface area contributed by atoms with Gasteiger partial charge in [-0.3, -0.25) is 23.9 Å². The Morgan fingerprint density at radius 1 is 1.13 bits per heavy atom. The van der Waals surface area contributed by atoms with Crippen LogP contribution in [-0.2, 0) is 30.8 Å². The molecule has 3 N–H and O–H groups in total. The fourth-order valence-corrected chi connectivity index (χ4v) is 8.59. The molecule has 3 fully saturated rings. The fourth-order valence-electron chi connectivity index (χ4n) is 7.28. The second-order valence-electron chi connectivity index (χ2n) is 15.1. The standard InChI is InChI=1S/C38H45FN6O8S/c1-4-26-34(42-31-25(39)12-10-14-27(31)40-26)53-24-19-29-32(46)43-38(36(49)44-54(50,51)37(3)17-18-37)20-23(38)11-8-6-5-7-9-13-28(35(48)45(29)21-24)41-33(47)30-16-15-22(2)52-30/h8,10-12,14-16,23-24,28-29H,4-7,9,13,17-21H2,1-3H3,(H,41,47)(H,43,46)(H,44,49)/b11-8-/t23?,24-,28+,29+,38-/m1/s1. The molecule has 16 heteroatoms. The van der Waals surface area contributed by atoms with Crippen molar-refractivity contribution in [1.29, 1.82) is 0 Å². The molecule has 4 amide bonds. The molecule has 5 atom stereocenters. The van der Waals surface area contributed by atoms with Crippen molar-refractivity contribution < 1.29 is 41.1 Å². The van der Waals surface area contributed by atoms with E-state index in [0.29, 0.717) is 49.1 Å². The third kappa shape index (κ3) is 7.31. The van der Waals surface area contributed by atoms with Gasteiger partial charge in [0.2, 0.25) is 27.7 Å². The molecule has 7 rings (SSSR count). The zero-order valence-corrected chi connectivity index (χ0v) is 31.3. The van der Waals surface area contributed by atoms with Gasteiger partial charge in [-0.1, -0.05) is 38.0 Å². The number of furan rings is 1. The highest BCUT2D eigenvalue weighted by molar-refractivity contribution is 7.91. The third-order valence-corrected chi connectivity index (χ3v) is 13.2. The Morgan fingerprint density at radius 2 is 1.93 bits per heavy atom. The lowest BCUT2D eigenvalue weighted by Gasteiger charge is -2.30. The van der Waals surface area contributed by atoms with E-state index in [9.17, 15) is 32.0 Å². The molecule has 2 saturated carbocycles. The third-order valence-electron chi connectivity index (χ3n) is 11.0. The Balaban J connectivity index is 1.21. The SMILES string of the molecule is CCc1nc2cccc(F)c2nc1O[C@@H]1C[C@H]2C(=O)N[C@]3(C(=O)NS(=O)(=O)C4(C)CC4)CC3/C=C\CCCCC[C@H](NC(=O)c3ccc(C)o3)C(=O)N2C1. The summed E-state index contributed by atoms with van der Waals surface area (Å²) < 4.78 is 54.1. The van der Waals surface area contributed by atoms with E-state index in [1.165, 1.54) is 23.1 Å². The summed E-state index contributed by atoms with van der Waals surface area (Å²) in [6.07, 6.45) is 7.39. The summed E-state index contributed by atoms with van der Waals surface area (Å²) in [5.41, 5.74) is -0.729. The normalized spacial score (nSPS) is 27.4. The van der Waals surface area contributed by atoms with E-state index in [4.69, 9.17) is 9.15 Å². The largest absolute Gasteiger partial charge is 0.471 e. The minimum atomic E-state index is -4.01. The van der Waals surface area contributed by atoms with Gasteiger partial charge in [-0.2, -0.15) is 0 Å². The molecule has 1 unspecified atom stereocenters. The number of carbonyl (C=O) groups is 4. The van der Waals surface area contributed by atoms with Crippen molar-refractivity contribution in [3.05, 3.63) is 65.5 Å². The minimum absolute atomic E-state index is 0.0121. The fraction of sp³-hybridized carbons (Fsp3) is 0.526. The van der Waals surface area contributed by atoms with Gasteiger partial charge in [0.25, 0.3) is 11.8 Å². The molecule has 0 spiro atoms. The Labute approximate surface area is 312 Å². The van der Waals surface area contributed by atoms with Gasteiger partial charge < -0.3 is 24.7 Å². The second kappa shape index (κ2) is 14.4. The Kier molecular flexibility index (Phi) is 10.00. The van der Waals surface area contributed by atoms with E-state index in [1.807, 2.05) is 19.1 Å². The van der Waals surface area contributed by atoms with E-state index in [-0.39, 0.29) is 43.0 Å². The first-order valence-corrected chi connectivity index (χ1v) is 20.1. The summed E-state index contributed by atoms with van der Waals surface area (Å²) in [6.45, 7) is 5.02. The summed E-state index contributed by atoms with van der Waals surface area (Å²) in [5, 5.41) is 5.66. The molecule has 2 aliphatic heterocycles. The van der Waals surface area contributed by atoms with Gasteiger partial charge in [-0.25, -0.2) is 22.8 Å². The highest BCUT2D eigenvalue weighted by atomic mass is 32.2. The summed E-state index contributed by atoms with van der Waals surface area (Å²) in [5.74, 6) is -3.05. The number of fused-ring (bicyclic) bond motifs is 3. The van der Waals surface area contributed by atoms with Gasteiger partial charge >= 0.3 is 0 Å². The molecule has 1 saturated heterocycles. The van der Waals surface area contributed by atoms with Crippen LogP contribution >= 0.6 is 0 Å². The van der Waals surface area contributed by atoms with Crippen LogP contribution in [0.15, 0.2) is 46.9 Å². The van der Waals surface area contributed by atoms with Crippen LogP contribution in [0.25, 0.3) is 11.0 Å². The first kappa shape index (κ1) is 37.5. The quantitative estimate of drug-likeness (QED) is 0.285. The molecule has 4 aliphatic rings. The second-order valence-corrected chi connectivity index (χ2v) is 17.3. The zero-order valence-electron chi connectivity index (χ0n) is 30.5. The monoisotopic (exact) mass is 764 g/mol. The van der Waals surface area contributed by atoms with Crippen LogP contribution in [0.5, 0.6) is 5.88 Å². The number of aromatic nitrogens is 2. The van der Waals surface area contributed by atoms with Crippen molar-refractivity contribution in [3.63, 3.8) is 0 Å². The predicted octanol–water partition coefficient (Wildman–Crippen LogP) is 3.77. The number of halogens is 1. The summed E-state index contributed by atoms with van der Waals surface area (Å²) >= 11 is 0. The Hall–Kier alpha value is -4.86. The van der Waals surface area contributed by atoms with Crippen LogP contribution in [0, 0.1) is 18.7 Å². The number of nitrogens with one attached hydrogen (secondary N) is 3. The van der Waals surface area contributed by atoms with Crippen LogP contribution in [0.4, 0.5) is 4.39 Å². The maximum Gasteiger partial charge on any atom is 0.287 e. The van der Waals surface area contributed by atoms with E-state index in [2.05, 4.69) is 25.3 Å². The number of carbonyl (C=O) groups excluding carboxylic acids is 4. The summed E-state index contributed by atoms with van der Waals surface area (Å²) in [6, 6.07) is 5.39. The smallest absolute Gasteiger partial charge is 0.287 e. The number of hydrogen-bond acceptors (Lipinski definition) is 10. The number of ether oxygens (including phenoxy) is 1. The van der Waals surface area contributed by atoms with Gasteiger partial charge in [0, 0.05) is 12.3 Å². The van der Waals surface area contributed by atoms with Crippen LogP contribution < -0.4 is 20.1 Å². The number of nitrogens with zero attached hydrogens (tertiary/aromatic N) is 3. The molecule has 2 aliphatic carbocycles. The van der Waals surface area contributed by atoms with Crippen molar-refractivity contribution in [2.24, 2.45) is 5.92 Å². The molecular formula is C38H45FN6O8S. The highest BCUT2D eigenvalue weighted by Crippen LogP contribution is 2.47. The number of aryl methyl sites for hydroxylation is 2. The first-order chi connectivity index (χ1) is 25.7. The number of allylic oxidation sites excluding steroid dienone is 1. The van der Waals surface area contributed by atoms with E-state index in [0.717, 1.165) is 12.8 Å². The average molecular weight is 765 g/mol. The zero-order chi connectivity index (χ0) is 38.4. The van der Waals surface area contributed by atoms with Gasteiger partial charge in [-0.05, 0) is 83.1 Å². The molecule has 3 aromatic rings. The van der Waals surface area contributed by atoms with Gasteiger partial charge in [0.1, 0.15) is 40.7 Å². The van der Waals surface area contributed by atoms with Gasteiger partial charge in [0.05, 0.1) is 16.8 Å². The summed E-state index contributed by atoms with van der Waals surface area (Å²) in [7, 11) is -4.01. The molecule has 1 aromatic carbocycles. The highest BCUT2D eigenvalue weighted by Gasteiger charge is 2.63. The molecule has 288 valence electrons. The van der Waals surface area contributed by atoms with Crippen LogP contribution in [0.1, 0.15) is 93.6 Å². The first-order valence-electron chi connectivity index (χ1n) is 18.6. The van der Waals surface area contributed by atoms with E-state index < -0.39 is 73.9 Å². The number of benzene rings is 1. The van der Waals surface area contributed by atoms with Crippen molar-refractivity contribution >= 4 is 44.7 Å². The van der Waals surface area contributed by atoms with Gasteiger partial charge in [0.15, 0.2) is 11.6 Å². The number of para-hydroxylation sites is 1. The van der Waals surface area contributed by atoms with E-state index in [1.54, 1.807) is 26.0 Å². The minimum Gasteiger partial charge on any atom is -0.471 e. The van der Waals surface area contributed by atoms with Crippen molar-refractivity contribution in [2.45, 2.75) is 113 Å². The lowest BCUT2D eigenvalue weighted by molar-refractivity contribution is -0.141. The number of rotatable bonds is 8. The topological polar surface area (TPSA) is 190 Å². The molecule has 54 heavy (non-hydrogen) atoms.